The minimum atomic E-state index is -1.12. The van der Waals surface area contributed by atoms with Crippen molar-refractivity contribution in [1.29, 1.82) is 0 Å². The molecule has 5 heterocycles. The SMILES string of the molecule is COc1cc2ncnc(Nc3ccc(F)c(Cl)c3)c2cc1NC(=O)/C=C/CN1CCC(CN2CC(C)N(c3cc4c(cc3F)C(=O)N(C3CCC(=O)NC3=O)C4=O)C(C)C2)CC1. The van der Waals surface area contributed by atoms with Gasteiger partial charge in [-0.1, -0.05) is 17.7 Å². The number of hydrogen-bond donors (Lipinski definition) is 3. The average molecular weight is 870 g/mol. The molecule has 15 nitrogen and oxygen atoms in total. The molecular weight excluding hydrogens is 824 g/mol. The molecule has 0 radical (unpaired) electrons. The monoisotopic (exact) mass is 869 g/mol. The van der Waals surface area contributed by atoms with Crippen molar-refractivity contribution in [2.45, 2.75) is 57.7 Å². The highest BCUT2D eigenvalue weighted by Crippen LogP contribution is 2.37. The smallest absolute Gasteiger partial charge is 0.262 e. The Morgan fingerprint density at radius 1 is 0.935 bits per heavy atom. The summed E-state index contributed by atoms with van der Waals surface area (Å²) in [7, 11) is 1.51. The third kappa shape index (κ3) is 8.69. The van der Waals surface area contributed by atoms with Crippen LogP contribution in [0.2, 0.25) is 5.02 Å². The third-order valence-corrected chi connectivity index (χ3v) is 12.3. The number of halogens is 3. The molecule has 5 amide bonds. The molecule has 3 atom stereocenters. The van der Waals surface area contributed by atoms with E-state index >= 15 is 4.39 Å². The van der Waals surface area contributed by atoms with Crippen LogP contribution in [0.1, 0.15) is 60.2 Å². The zero-order valence-corrected chi connectivity index (χ0v) is 35.2. The fourth-order valence-electron chi connectivity index (χ4n) is 9.09. The number of likely N-dealkylation sites (tertiary alicyclic amines) is 1. The molecule has 0 bridgehead atoms. The summed E-state index contributed by atoms with van der Waals surface area (Å²) in [5.41, 5.74) is 1.75. The highest BCUT2D eigenvalue weighted by Gasteiger charge is 2.46. The molecule has 3 N–H and O–H groups in total. The van der Waals surface area contributed by atoms with Crippen LogP contribution in [0, 0.1) is 17.6 Å². The summed E-state index contributed by atoms with van der Waals surface area (Å²) >= 11 is 5.97. The van der Waals surface area contributed by atoms with Gasteiger partial charge in [-0.15, -0.1) is 0 Å². The Labute approximate surface area is 361 Å². The predicted molar refractivity (Wildman–Crippen MR) is 229 cm³/mol. The van der Waals surface area contributed by atoms with Gasteiger partial charge in [-0.25, -0.2) is 18.7 Å². The lowest BCUT2D eigenvalue weighted by Crippen LogP contribution is -2.58. The van der Waals surface area contributed by atoms with Gasteiger partial charge in [0.1, 0.15) is 35.6 Å². The van der Waals surface area contributed by atoms with E-state index in [-0.39, 0.29) is 52.7 Å². The molecule has 4 aliphatic rings. The topological polar surface area (TPSA) is 169 Å². The van der Waals surface area contributed by atoms with E-state index < -0.39 is 41.3 Å². The first-order valence-corrected chi connectivity index (χ1v) is 21.0. The molecule has 62 heavy (non-hydrogen) atoms. The summed E-state index contributed by atoms with van der Waals surface area (Å²) in [6.07, 6.45) is 6.74. The fourth-order valence-corrected chi connectivity index (χ4v) is 9.27. The number of amides is 5. The van der Waals surface area contributed by atoms with Crippen LogP contribution < -0.4 is 25.6 Å². The third-order valence-electron chi connectivity index (χ3n) is 12.0. The van der Waals surface area contributed by atoms with E-state index in [4.69, 9.17) is 16.3 Å². The molecule has 0 aliphatic carbocycles. The van der Waals surface area contributed by atoms with Crippen LogP contribution >= 0.6 is 11.6 Å². The Balaban J connectivity index is 0.826. The largest absolute Gasteiger partial charge is 0.494 e. The van der Waals surface area contributed by atoms with Gasteiger partial charge in [0.15, 0.2) is 0 Å². The first kappa shape index (κ1) is 42.6. The van der Waals surface area contributed by atoms with Crippen molar-refractivity contribution in [3.8, 4) is 5.75 Å². The molecular formula is C44H46ClF2N9O6. The second-order valence-electron chi connectivity index (χ2n) is 16.3. The van der Waals surface area contributed by atoms with Gasteiger partial charge in [-0.2, -0.15) is 0 Å². The number of nitrogens with one attached hydrogen (secondary N) is 3. The number of ether oxygens (including phenoxy) is 1. The van der Waals surface area contributed by atoms with Gasteiger partial charge in [-0.3, -0.25) is 44.0 Å². The van der Waals surface area contributed by atoms with Crippen molar-refractivity contribution in [3.05, 3.63) is 88.7 Å². The van der Waals surface area contributed by atoms with Crippen molar-refractivity contribution in [2.75, 3.05) is 61.9 Å². The molecule has 3 saturated heterocycles. The van der Waals surface area contributed by atoms with Gasteiger partial charge in [0, 0.05) is 67.9 Å². The molecule has 18 heteroatoms. The molecule has 3 unspecified atom stereocenters. The zero-order valence-electron chi connectivity index (χ0n) is 34.4. The van der Waals surface area contributed by atoms with Crippen LogP contribution in [0.5, 0.6) is 5.75 Å². The summed E-state index contributed by atoms with van der Waals surface area (Å²) < 4.78 is 35.0. The second-order valence-corrected chi connectivity index (χ2v) is 16.7. The van der Waals surface area contributed by atoms with E-state index in [1.165, 1.54) is 37.7 Å². The fraction of sp³-hybridized carbons (Fsp3) is 0.386. The van der Waals surface area contributed by atoms with E-state index in [0.717, 1.165) is 43.4 Å². The van der Waals surface area contributed by atoms with Gasteiger partial charge in [0.05, 0.1) is 40.2 Å². The Hall–Kier alpha value is -6.04. The summed E-state index contributed by atoms with van der Waals surface area (Å²) in [5, 5.41) is 8.79. The molecule has 3 aromatic carbocycles. The summed E-state index contributed by atoms with van der Waals surface area (Å²) in [5.74, 6) is -2.72. The van der Waals surface area contributed by atoms with Gasteiger partial charge in [0.2, 0.25) is 17.7 Å². The van der Waals surface area contributed by atoms with Crippen LogP contribution in [-0.4, -0.2) is 119 Å². The average Bonchev–Trinajstić information content (AvgIpc) is 3.46. The predicted octanol–water partition coefficient (Wildman–Crippen LogP) is 5.52. The Morgan fingerprint density at radius 2 is 1.66 bits per heavy atom. The molecule has 0 saturated carbocycles. The maximum Gasteiger partial charge on any atom is 0.262 e. The van der Waals surface area contributed by atoms with Gasteiger partial charge < -0.3 is 20.3 Å². The molecule has 3 fully saturated rings. The maximum absolute atomic E-state index is 15.8. The number of aromatic nitrogens is 2. The number of nitrogens with zero attached hydrogens (tertiary/aromatic N) is 6. The van der Waals surface area contributed by atoms with Crippen molar-refractivity contribution in [1.82, 2.24) is 30.0 Å². The maximum atomic E-state index is 15.8. The van der Waals surface area contributed by atoms with E-state index in [9.17, 15) is 28.4 Å². The van der Waals surface area contributed by atoms with Gasteiger partial charge >= 0.3 is 0 Å². The first-order chi connectivity index (χ1) is 29.8. The normalized spacial score (nSPS) is 21.5. The van der Waals surface area contributed by atoms with E-state index in [1.807, 2.05) is 24.8 Å². The van der Waals surface area contributed by atoms with Crippen LogP contribution in [0.25, 0.3) is 10.9 Å². The molecule has 4 aliphatic heterocycles. The number of carbonyl (C=O) groups is 5. The number of hydrogen-bond acceptors (Lipinski definition) is 12. The lowest BCUT2D eigenvalue weighted by molar-refractivity contribution is -0.136. The second kappa shape index (κ2) is 17.7. The summed E-state index contributed by atoms with van der Waals surface area (Å²) in [6, 6.07) is 8.90. The van der Waals surface area contributed by atoms with Crippen molar-refractivity contribution in [3.63, 3.8) is 0 Å². The number of piperidine rings is 2. The minimum absolute atomic E-state index is 0.00258. The number of anilines is 4. The number of benzene rings is 3. The van der Waals surface area contributed by atoms with Gasteiger partial charge in [0.25, 0.3) is 11.8 Å². The van der Waals surface area contributed by atoms with Crippen molar-refractivity contribution >= 4 is 74.9 Å². The van der Waals surface area contributed by atoms with Crippen LogP contribution in [-0.2, 0) is 14.4 Å². The van der Waals surface area contributed by atoms with Crippen molar-refractivity contribution < 1.29 is 37.5 Å². The van der Waals surface area contributed by atoms with E-state index in [2.05, 4.69) is 35.7 Å². The van der Waals surface area contributed by atoms with Crippen LogP contribution in [0.3, 0.4) is 0 Å². The van der Waals surface area contributed by atoms with Crippen LogP contribution in [0.4, 0.5) is 31.7 Å². The van der Waals surface area contributed by atoms with Crippen molar-refractivity contribution in [2.24, 2.45) is 5.92 Å². The minimum Gasteiger partial charge on any atom is -0.494 e. The number of rotatable bonds is 11. The summed E-state index contributed by atoms with van der Waals surface area (Å²) in [4.78, 5) is 80.2. The number of imide groups is 2. The molecule has 0 spiro atoms. The Kier molecular flexibility index (Phi) is 12.2. The lowest BCUT2D eigenvalue weighted by Gasteiger charge is -2.47. The Morgan fingerprint density at radius 3 is 2.35 bits per heavy atom. The Bertz CT molecular complexity index is 2490. The zero-order chi connectivity index (χ0) is 43.8. The molecule has 1 aromatic heterocycles. The lowest BCUT2D eigenvalue weighted by atomic mass is 9.94. The number of piperazine rings is 1. The van der Waals surface area contributed by atoms with E-state index in [1.54, 1.807) is 18.2 Å². The molecule has 4 aromatic rings. The van der Waals surface area contributed by atoms with Crippen LogP contribution in [0.15, 0.2) is 60.9 Å². The summed E-state index contributed by atoms with van der Waals surface area (Å²) in [6.45, 7) is 8.66. The highest BCUT2D eigenvalue weighted by molar-refractivity contribution is 6.31. The number of fused-ring (bicyclic) bond motifs is 2. The molecule has 324 valence electrons. The first-order valence-electron chi connectivity index (χ1n) is 20.6. The standard InChI is InChI=1S/C44H46ClF2N9O6/c1-24-20-54(21-25(2)55(24)37-18-29-28(16-33(37)47)43(60)56(44(29)61)36-8-9-40(58)52-42(36)59)22-26-10-13-53(14-11-26)12-4-5-39(57)51-35-17-30-34(19-38(35)62-3)48-23-49-41(30)50-27-6-7-32(46)31(45)15-27/h4-7,15-19,23-26,36H,8-14,20-22H2,1-3H3,(H,51,57)(H,48,49,50)(H,52,58,59)/b5-4+. The van der Waals surface area contributed by atoms with Gasteiger partial charge in [-0.05, 0) is 88.5 Å². The number of carbonyl (C=O) groups excluding carboxylic acids is 5. The quantitative estimate of drug-likeness (QED) is 0.128. The highest BCUT2D eigenvalue weighted by atomic mass is 35.5. The van der Waals surface area contributed by atoms with E-state index in [0.29, 0.717) is 59.4 Å². The molecule has 8 rings (SSSR count). The number of methoxy groups -OCH3 is 1.